The van der Waals surface area contributed by atoms with Crippen LogP contribution in [0.3, 0.4) is 0 Å². The van der Waals surface area contributed by atoms with Crippen molar-refractivity contribution in [1.29, 1.82) is 0 Å². The van der Waals surface area contributed by atoms with Gasteiger partial charge in [-0.25, -0.2) is 18.4 Å². The second kappa shape index (κ2) is 5.19. The lowest BCUT2D eigenvalue weighted by Crippen LogP contribution is -2.67. The maximum absolute atomic E-state index is 11.5. The van der Waals surface area contributed by atoms with Crippen molar-refractivity contribution in [2.45, 2.75) is 31.5 Å². The van der Waals surface area contributed by atoms with Crippen LogP contribution in [0.25, 0.3) is 0 Å². The average molecular weight is 313 g/mol. The first-order chi connectivity index (χ1) is 9.86. The van der Waals surface area contributed by atoms with Crippen molar-refractivity contribution in [2.24, 2.45) is 0 Å². The van der Waals surface area contributed by atoms with Gasteiger partial charge in [-0.2, -0.15) is 4.31 Å². The summed E-state index contributed by atoms with van der Waals surface area (Å²) in [7, 11) is -3.14. The number of aryl methyl sites for hydroxylation is 1. The van der Waals surface area contributed by atoms with E-state index in [1.807, 2.05) is 13.0 Å². The molecule has 2 aliphatic rings. The number of rotatable bonds is 3. The number of sulfonamides is 1. The molecule has 0 unspecified atom stereocenters. The smallest absolute Gasteiger partial charge is 0.316 e. The average Bonchev–Trinajstić information content (AvgIpc) is 2.35. The van der Waals surface area contributed by atoms with Gasteiger partial charge in [0.05, 0.1) is 18.5 Å². The maximum Gasteiger partial charge on any atom is 0.316 e. The highest BCUT2D eigenvalue weighted by molar-refractivity contribution is 7.88. The summed E-state index contributed by atoms with van der Waals surface area (Å²) in [6.07, 6.45) is 4.27. The largest absolute Gasteiger partial charge is 0.460 e. The van der Waals surface area contributed by atoms with Gasteiger partial charge in [0.1, 0.15) is 6.10 Å². The van der Waals surface area contributed by atoms with Gasteiger partial charge < -0.3 is 9.47 Å². The molecule has 116 valence electrons. The second-order valence-corrected chi connectivity index (χ2v) is 7.76. The van der Waals surface area contributed by atoms with Crippen LogP contribution in [0.5, 0.6) is 6.01 Å². The minimum Gasteiger partial charge on any atom is -0.460 e. The summed E-state index contributed by atoms with van der Waals surface area (Å²) >= 11 is 0. The number of ether oxygens (including phenoxy) is 2. The van der Waals surface area contributed by atoms with Crippen molar-refractivity contribution < 1.29 is 17.9 Å². The molecule has 1 aromatic rings. The Labute approximate surface area is 124 Å². The zero-order valence-corrected chi connectivity index (χ0v) is 13.0. The van der Waals surface area contributed by atoms with E-state index in [9.17, 15) is 8.42 Å². The zero-order valence-electron chi connectivity index (χ0n) is 12.2. The van der Waals surface area contributed by atoms with Crippen LogP contribution in [0.1, 0.15) is 18.5 Å². The molecule has 1 spiro atoms. The SMILES string of the molecule is Cc1ccnc(O[C@H]2CCOC3(C2)CN(S(C)(=O)=O)C3)n1. The fourth-order valence-electron chi connectivity index (χ4n) is 2.77. The monoisotopic (exact) mass is 313 g/mol. The first kappa shape index (κ1) is 14.7. The molecule has 8 heteroatoms. The van der Waals surface area contributed by atoms with Crippen molar-refractivity contribution in [2.75, 3.05) is 26.0 Å². The summed E-state index contributed by atoms with van der Waals surface area (Å²) in [6, 6.07) is 2.19. The third-order valence-corrected chi connectivity index (χ3v) is 5.09. The topological polar surface area (TPSA) is 81.6 Å². The summed E-state index contributed by atoms with van der Waals surface area (Å²) in [5, 5.41) is 0. The Balaban J connectivity index is 1.62. The van der Waals surface area contributed by atoms with Gasteiger partial charge in [0.2, 0.25) is 10.0 Å². The molecular formula is C13H19N3O4S. The maximum atomic E-state index is 11.5. The second-order valence-electron chi connectivity index (χ2n) is 5.78. The number of aromatic nitrogens is 2. The number of nitrogens with zero attached hydrogens (tertiary/aromatic N) is 3. The molecule has 1 aromatic heterocycles. The Kier molecular flexibility index (Phi) is 3.62. The van der Waals surface area contributed by atoms with Crippen LogP contribution >= 0.6 is 0 Å². The Morgan fingerprint density at radius 2 is 2.24 bits per heavy atom. The number of hydrogen-bond acceptors (Lipinski definition) is 6. The van der Waals surface area contributed by atoms with Gasteiger partial charge in [0.25, 0.3) is 0 Å². The van der Waals surface area contributed by atoms with Gasteiger partial charge in [-0.15, -0.1) is 0 Å². The molecule has 0 saturated carbocycles. The molecule has 21 heavy (non-hydrogen) atoms. The van der Waals surface area contributed by atoms with Gasteiger partial charge in [-0.1, -0.05) is 0 Å². The van der Waals surface area contributed by atoms with Gasteiger partial charge in [0, 0.05) is 37.8 Å². The van der Waals surface area contributed by atoms with E-state index in [1.165, 1.54) is 10.6 Å². The Bertz CT molecular complexity index is 628. The Hall–Kier alpha value is -1.25. The molecule has 3 rings (SSSR count). The molecule has 0 aromatic carbocycles. The quantitative estimate of drug-likeness (QED) is 0.801. The van der Waals surface area contributed by atoms with Gasteiger partial charge in [-0.3, -0.25) is 0 Å². The van der Waals surface area contributed by atoms with Crippen LogP contribution < -0.4 is 4.74 Å². The summed E-state index contributed by atoms with van der Waals surface area (Å²) < 4.78 is 36.0. The van der Waals surface area contributed by atoms with Gasteiger partial charge >= 0.3 is 6.01 Å². The fraction of sp³-hybridized carbons (Fsp3) is 0.692. The van der Waals surface area contributed by atoms with E-state index in [0.29, 0.717) is 32.1 Å². The highest BCUT2D eigenvalue weighted by Gasteiger charge is 2.51. The van der Waals surface area contributed by atoms with E-state index in [-0.39, 0.29) is 6.10 Å². The van der Waals surface area contributed by atoms with Crippen molar-refractivity contribution in [1.82, 2.24) is 14.3 Å². The summed E-state index contributed by atoms with van der Waals surface area (Å²) in [6.45, 7) is 3.25. The summed E-state index contributed by atoms with van der Waals surface area (Å²) in [5.41, 5.74) is 0.448. The van der Waals surface area contributed by atoms with Crippen LogP contribution in [-0.2, 0) is 14.8 Å². The van der Waals surface area contributed by atoms with Crippen LogP contribution in [0.15, 0.2) is 12.3 Å². The minimum atomic E-state index is -3.14. The highest BCUT2D eigenvalue weighted by atomic mass is 32.2. The fourth-order valence-corrected chi connectivity index (χ4v) is 3.71. The van der Waals surface area contributed by atoms with Crippen LogP contribution in [0.2, 0.25) is 0 Å². The normalized spacial score (nSPS) is 25.5. The summed E-state index contributed by atoms with van der Waals surface area (Å²) in [5.74, 6) is 0. The van der Waals surface area contributed by atoms with Crippen LogP contribution in [0.4, 0.5) is 0 Å². The van der Waals surface area contributed by atoms with Crippen LogP contribution in [-0.4, -0.2) is 60.3 Å². The Morgan fingerprint density at radius 3 is 2.90 bits per heavy atom. The van der Waals surface area contributed by atoms with Crippen molar-refractivity contribution in [3.05, 3.63) is 18.0 Å². The molecule has 0 aliphatic carbocycles. The molecule has 1 atom stereocenters. The van der Waals surface area contributed by atoms with Gasteiger partial charge in [-0.05, 0) is 13.0 Å². The molecule has 0 bridgehead atoms. The lowest BCUT2D eigenvalue weighted by Gasteiger charge is -2.51. The molecule has 2 fully saturated rings. The molecule has 2 saturated heterocycles. The molecule has 2 aliphatic heterocycles. The Morgan fingerprint density at radius 1 is 1.48 bits per heavy atom. The van der Waals surface area contributed by atoms with Crippen molar-refractivity contribution >= 4 is 10.0 Å². The van der Waals surface area contributed by atoms with E-state index in [2.05, 4.69) is 9.97 Å². The first-order valence-electron chi connectivity index (χ1n) is 6.92. The van der Waals surface area contributed by atoms with Crippen molar-refractivity contribution in [3.8, 4) is 6.01 Å². The summed E-state index contributed by atoms with van der Waals surface area (Å²) in [4.78, 5) is 8.33. The standard InChI is InChI=1S/C13H19N3O4S/c1-10-3-5-14-12(15-10)20-11-4-6-19-13(7-11)8-16(9-13)21(2,17)18/h3,5,11H,4,6-9H2,1-2H3/t11-/m0/s1. The highest BCUT2D eigenvalue weighted by Crippen LogP contribution is 2.36. The van der Waals surface area contributed by atoms with E-state index < -0.39 is 15.6 Å². The lowest BCUT2D eigenvalue weighted by atomic mass is 9.86. The number of hydrogen-bond donors (Lipinski definition) is 0. The molecule has 3 heterocycles. The zero-order chi connectivity index (χ0) is 15.1. The molecule has 0 radical (unpaired) electrons. The van der Waals surface area contributed by atoms with E-state index in [4.69, 9.17) is 9.47 Å². The molecular weight excluding hydrogens is 294 g/mol. The van der Waals surface area contributed by atoms with E-state index in [1.54, 1.807) is 6.20 Å². The first-order valence-corrected chi connectivity index (χ1v) is 8.77. The third-order valence-electron chi connectivity index (χ3n) is 3.89. The molecule has 7 nitrogen and oxygen atoms in total. The van der Waals surface area contributed by atoms with Gasteiger partial charge in [0.15, 0.2) is 0 Å². The minimum absolute atomic E-state index is 0.0396. The molecule has 0 N–H and O–H groups in total. The van der Waals surface area contributed by atoms with Crippen molar-refractivity contribution in [3.63, 3.8) is 0 Å². The van der Waals surface area contributed by atoms with E-state index >= 15 is 0 Å². The molecule has 0 amide bonds. The van der Waals surface area contributed by atoms with Crippen LogP contribution in [0, 0.1) is 6.92 Å². The predicted octanol–water partition coefficient (Wildman–Crippen LogP) is 0.357. The lowest BCUT2D eigenvalue weighted by molar-refractivity contribution is -0.165. The van der Waals surface area contributed by atoms with E-state index in [0.717, 1.165) is 12.1 Å². The predicted molar refractivity (Wildman–Crippen MR) is 75.5 cm³/mol. The third kappa shape index (κ3) is 3.17.